The lowest BCUT2D eigenvalue weighted by atomic mass is 10.1. The summed E-state index contributed by atoms with van der Waals surface area (Å²) in [5, 5.41) is 5.97. The van der Waals surface area contributed by atoms with Crippen LogP contribution in [0.1, 0.15) is 30.8 Å². The van der Waals surface area contributed by atoms with Gasteiger partial charge in [0.25, 0.3) is 0 Å². The zero-order valence-electron chi connectivity index (χ0n) is 12.8. The topological polar surface area (TPSA) is 59.0 Å². The highest BCUT2D eigenvalue weighted by atomic mass is 16.1. The molecule has 1 aromatic heterocycles. The van der Waals surface area contributed by atoms with Gasteiger partial charge in [0, 0.05) is 31.0 Å². The predicted octanol–water partition coefficient (Wildman–Crippen LogP) is 1.97. The van der Waals surface area contributed by atoms with Gasteiger partial charge in [0.05, 0.1) is 6.04 Å². The molecule has 0 saturated carbocycles. The predicted molar refractivity (Wildman–Crippen MR) is 83.4 cm³/mol. The van der Waals surface area contributed by atoms with E-state index in [1.807, 2.05) is 55.9 Å². The molecule has 0 bridgehead atoms. The summed E-state index contributed by atoms with van der Waals surface area (Å²) in [6.07, 6.45) is 4.22. The molecule has 2 rings (SSSR count). The molecule has 5 nitrogen and oxygen atoms in total. The van der Waals surface area contributed by atoms with E-state index in [1.165, 1.54) is 0 Å². The largest absolute Gasteiger partial charge is 0.350 e. The van der Waals surface area contributed by atoms with E-state index >= 15 is 0 Å². The highest BCUT2D eigenvalue weighted by Crippen LogP contribution is 2.16. The van der Waals surface area contributed by atoms with E-state index in [4.69, 9.17) is 0 Å². The zero-order chi connectivity index (χ0) is 15.2. The number of carbonyl (C=O) groups is 1. The van der Waals surface area contributed by atoms with Gasteiger partial charge < -0.3 is 15.2 Å². The number of carbonyl (C=O) groups excluding carboxylic acids is 1. The molecule has 0 saturated heterocycles. The lowest BCUT2D eigenvalue weighted by Gasteiger charge is -2.15. The number of benzene rings is 1. The number of rotatable bonds is 6. The normalized spacial score (nSPS) is 12.1. The Kier molecular flexibility index (Phi) is 5.11. The van der Waals surface area contributed by atoms with Crippen LogP contribution < -0.4 is 10.6 Å². The van der Waals surface area contributed by atoms with E-state index in [-0.39, 0.29) is 11.9 Å². The SMILES string of the molecule is CNCCC(=O)NC(C)c1ccc(-n2ccnc2C)cc1. The molecule has 1 unspecified atom stereocenters. The number of hydrogen-bond donors (Lipinski definition) is 2. The van der Waals surface area contributed by atoms with Crippen molar-refractivity contribution in [3.8, 4) is 5.69 Å². The third-order valence-corrected chi connectivity index (χ3v) is 3.48. The van der Waals surface area contributed by atoms with Crippen LogP contribution in [0.25, 0.3) is 5.69 Å². The second-order valence-corrected chi connectivity index (χ2v) is 5.08. The Hall–Kier alpha value is -2.14. The van der Waals surface area contributed by atoms with E-state index in [0.29, 0.717) is 13.0 Å². The van der Waals surface area contributed by atoms with E-state index in [1.54, 1.807) is 6.20 Å². The van der Waals surface area contributed by atoms with Crippen LogP contribution in [0, 0.1) is 6.92 Å². The quantitative estimate of drug-likeness (QED) is 0.853. The molecule has 1 amide bonds. The van der Waals surface area contributed by atoms with Crippen molar-refractivity contribution in [1.29, 1.82) is 0 Å². The molecule has 0 aliphatic rings. The van der Waals surface area contributed by atoms with Crippen LogP contribution in [0.3, 0.4) is 0 Å². The van der Waals surface area contributed by atoms with Crippen molar-refractivity contribution < 1.29 is 4.79 Å². The standard InChI is InChI=1S/C16H22N4O/c1-12(19-16(21)8-9-17-3)14-4-6-15(7-5-14)20-11-10-18-13(20)2/h4-7,10-12,17H,8-9H2,1-3H3,(H,19,21). The Labute approximate surface area is 125 Å². The first-order valence-corrected chi connectivity index (χ1v) is 7.16. The van der Waals surface area contributed by atoms with Gasteiger partial charge in [-0.2, -0.15) is 0 Å². The van der Waals surface area contributed by atoms with Crippen molar-refractivity contribution in [2.75, 3.05) is 13.6 Å². The Morgan fingerprint density at radius 3 is 2.62 bits per heavy atom. The maximum Gasteiger partial charge on any atom is 0.221 e. The van der Waals surface area contributed by atoms with Gasteiger partial charge in [0.15, 0.2) is 0 Å². The van der Waals surface area contributed by atoms with Crippen LogP contribution in [0.4, 0.5) is 0 Å². The smallest absolute Gasteiger partial charge is 0.221 e. The monoisotopic (exact) mass is 286 g/mol. The Morgan fingerprint density at radius 1 is 1.33 bits per heavy atom. The molecule has 21 heavy (non-hydrogen) atoms. The molecular formula is C16H22N4O. The summed E-state index contributed by atoms with van der Waals surface area (Å²) < 4.78 is 2.03. The number of nitrogens with one attached hydrogen (secondary N) is 2. The minimum absolute atomic E-state index is 0.00675. The van der Waals surface area contributed by atoms with Gasteiger partial charge in [-0.25, -0.2) is 4.98 Å². The second-order valence-electron chi connectivity index (χ2n) is 5.08. The van der Waals surface area contributed by atoms with Gasteiger partial charge in [-0.05, 0) is 38.6 Å². The number of hydrogen-bond acceptors (Lipinski definition) is 3. The maximum atomic E-state index is 11.7. The molecule has 0 aliphatic heterocycles. The van der Waals surface area contributed by atoms with Gasteiger partial charge in [0.2, 0.25) is 5.91 Å². The average Bonchev–Trinajstić information content (AvgIpc) is 2.91. The number of imidazole rings is 1. The molecule has 112 valence electrons. The summed E-state index contributed by atoms with van der Waals surface area (Å²) in [6, 6.07) is 8.17. The zero-order valence-corrected chi connectivity index (χ0v) is 12.8. The maximum absolute atomic E-state index is 11.7. The van der Waals surface area contributed by atoms with Crippen LogP contribution in [-0.4, -0.2) is 29.1 Å². The minimum Gasteiger partial charge on any atom is -0.350 e. The number of aromatic nitrogens is 2. The van der Waals surface area contributed by atoms with Crippen molar-refractivity contribution in [3.63, 3.8) is 0 Å². The van der Waals surface area contributed by atoms with Crippen LogP contribution in [0.5, 0.6) is 0 Å². The molecular weight excluding hydrogens is 264 g/mol. The fourth-order valence-electron chi connectivity index (χ4n) is 2.21. The highest BCUT2D eigenvalue weighted by molar-refractivity contribution is 5.76. The lowest BCUT2D eigenvalue weighted by molar-refractivity contribution is -0.121. The summed E-state index contributed by atoms with van der Waals surface area (Å²) in [6.45, 7) is 4.66. The van der Waals surface area contributed by atoms with Crippen molar-refractivity contribution in [2.24, 2.45) is 0 Å². The van der Waals surface area contributed by atoms with Gasteiger partial charge >= 0.3 is 0 Å². The average molecular weight is 286 g/mol. The van der Waals surface area contributed by atoms with E-state index in [0.717, 1.165) is 17.1 Å². The summed E-state index contributed by atoms with van der Waals surface area (Å²) in [4.78, 5) is 15.9. The Balaban J connectivity index is 2.02. The number of nitrogens with zero attached hydrogens (tertiary/aromatic N) is 2. The minimum atomic E-state index is 0.00675. The Morgan fingerprint density at radius 2 is 2.05 bits per heavy atom. The van der Waals surface area contributed by atoms with Crippen LogP contribution in [0.15, 0.2) is 36.7 Å². The fourth-order valence-corrected chi connectivity index (χ4v) is 2.21. The number of amides is 1. The van der Waals surface area contributed by atoms with E-state index < -0.39 is 0 Å². The van der Waals surface area contributed by atoms with Gasteiger partial charge in [-0.1, -0.05) is 12.1 Å². The molecule has 1 aromatic carbocycles. The molecule has 5 heteroatoms. The summed E-state index contributed by atoms with van der Waals surface area (Å²) in [7, 11) is 1.84. The van der Waals surface area contributed by atoms with Gasteiger partial charge in [-0.15, -0.1) is 0 Å². The molecule has 0 aliphatic carbocycles. The summed E-state index contributed by atoms with van der Waals surface area (Å²) in [5.74, 6) is 1.02. The summed E-state index contributed by atoms with van der Waals surface area (Å²) in [5.41, 5.74) is 2.16. The van der Waals surface area contributed by atoms with Crippen molar-refractivity contribution >= 4 is 5.91 Å². The first-order valence-electron chi connectivity index (χ1n) is 7.16. The molecule has 2 aromatic rings. The molecule has 0 spiro atoms. The van der Waals surface area contributed by atoms with Crippen LogP contribution in [-0.2, 0) is 4.79 Å². The Bertz CT molecular complexity index is 589. The first kappa shape index (κ1) is 15.3. The van der Waals surface area contributed by atoms with Crippen molar-refractivity contribution in [2.45, 2.75) is 26.3 Å². The van der Waals surface area contributed by atoms with E-state index in [9.17, 15) is 4.79 Å². The molecule has 1 atom stereocenters. The molecule has 2 N–H and O–H groups in total. The van der Waals surface area contributed by atoms with Crippen LogP contribution >= 0.6 is 0 Å². The van der Waals surface area contributed by atoms with Crippen molar-refractivity contribution in [3.05, 3.63) is 48.0 Å². The van der Waals surface area contributed by atoms with Crippen LogP contribution in [0.2, 0.25) is 0 Å². The van der Waals surface area contributed by atoms with Crippen molar-refractivity contribution in [1.82, 2.24) is 20.2 Å². The van der Waals surface area contributed by atoms with E-state index in [2.05, 4.69) is 15.6 Å². The second kappa shape index (κ2) is 7.04. The fraction of sp³-hybridized carbons (Fsp3) is 0.375. The molecule has 0 radical (unpaired) electrons. The first-order chi connectivity index (χ1) is 10.1. The van der Waals surface area contributed by atoms with Gasteiger partial charge in [0.1, 0.15) is 5.82 Å². The summed E-state index contributed by atoms with van der Waals surface area (Å²) >= 11 is 0. The number of aryl methyl sites for hydroxylation is 1. The molecule has 0 fully saturated rings. The van der Waals surface area contributed by atoms with Gasteiger partial charge in [-0.3, -0.25) is 4.79 Å². The molecule has 1 heterocycles. The third-order valence-electron chi connectivity index (χ3n) is 3.48. The lowest BCUT2D eigenvalue weighted by Crippen LogP contribution is -2.29. The third kappa shape index (κ3) is 3.92. The highest BCUT2D eigenvalue weighted by Gasteiger charge is 2.09.